The molecule has 30 heavy (non-hydrogen) atoms. The Morgan fingerprint density at radius 3 is 2.50 bits per heavy atom. The minimum absolute atomic E-state index is 0. The van der Waals surface area contributed by atoms with Crippen molar-refractivity contribution in [3.05, 3.63) is 42.5 Å². The molecule has 1 heterocycles. The summed E-state index contributed by atoms with van der Waals surface area (Å²) in [4.78, 5) is 22.4. The molecule has 1 aliphatic rings. The second kappa shape index (κ2) is 11.2. The minimum Gasteiger partial charge on any atom is -1.00 e. The Labute approximate surface area is 188 Å². The van der Waals surface area contributed by atoms with E-state index in [4.69, 9.17) is 4.74 Å². The van der Waals surface area contributed by atoms with Gasteiger partial charge < -0.3 is 27.2 Å². The summed E-state index contributed by atoms with van der Waals surface area (Å²) in [6.45, 7) is 9.06. The van der Waals surface area contributed by atoms with Gasteiger partial charge in [0, 0.05) is 9.79 Å². The summed E-state index contributed by atoms with van der Waals surface area (Å²) in [7, 11) is 0. The molecule has 0 aliphatic carbocycles. The summed E-state index contributed by atoms with van der Waals surface area (Å²) in [6, 6.07) is 13.4. The monoisotopic (exact) mass is 448 g/mol. The van der Waals surface area contributed by atoms with Crippen molar-refractivity contribution in [2.75, 3.05) is 31.1 Å². The number of hydrogen-bond acceptors (Lipinski definition) is 5. The lowest BCUT2D eigenvalue weighted by Crippen LogP contribution is -3.11. The zero-order valence-electron chi connectivity index (χ0n) is 17.5. The number of halogens is 1. The number of rotatable bonds is 7. The number of anilines is 2. The predicted octanol–water partition coefficient (Wildman–Crippen LogP) is -0.481. The van der Waals surface area contributed by atoms with Gasteiger partial charge in [0.2, 0.25) is 5.91 Å². The number of carbonyl (C=O) groups is 1. The molecule has 0 bridgehead atoms. The van der Waals surface area contributed by atoms with Crippen LogP contribution in [-0.4, -0.2) is 38.2 Å². The molecule has 0 aromatic heterocycles. The number of para-hydroxylation sites is 1. The van der Waals surface area contributed by atoms with Crippen LogP contribution in [0.3, 0.4) is 0 Å². The molecule has 0 saturated heterocycles. The van der Waals surface area contributed by atoms with Crippen molar-refractivity contribution in [1.29, 1.82) is 0 Å². The molecule has 1 aliphatic heterocycles. The molecule has 0 spiro atoms. The van der Waals surface area contributed by atoms with Crippen molar-refractivity contribution < 1.29 is 31.9 Å². The first-order valence-corrected chi connectivity index (χ1v) is 10.8. The molecule has 1 N–H and O–H groups in total. The van der Waals surface area contributed by atoms with Gasteiger partial charge in [0.1, 0.15) is 0 Å². The highest BCUT2D eigenvalue weighted by Gasteiger charge is 2.28. The average molecular weight is 449 g/mol. The van der Waals surface area contributed by atoms with Gasteiger partial charge in [-0.15, -0.1) is 0 Å². The van der Waals surface area contributed by atoms with Gasteiger partial charge >= 0.3 is 0 Å². The molecule has 3 rings (SSSR count). The van der Waals surface area contributed by atoms with Crippen molar-refractivity contribution in [1.82, 2.24) is 0 Å². The van der Waals surface area contributed by atoms with Crippen LogP contribution in [0.5, 0.6) is 0 Å². The number of benzene rings is 2. The molecular formula is C22H27ClN3O3S-. The SMILES string of the molecule is CCOC([O-])=Nc1ccc2c(c1)N(C(=O)CC[NH+](CC)CC)c1ccccc1S2.[Cl-]. The van der Waals surface area contributed by atoms with Crippen molar-refractivity contribution in [2.24, 2.45) is 4.99 Å². The van der Waals surface area contributed by atoms with E-state index in [9.17, 15) is 9.90 Å². The Bertz CT molecular complexity index is 903. The van der Waals surface area contributed by atoms with Crippen LogP contribution in [0.4, 0.5) is 17.1 Å². The third kappa shape index (κ3) is 5.47. The minimum atomic E-state index is -0.626. The van der Waals surface area contributed by atoms with Gasteiger partial charge in [-0.2, -0.15) is 0 Å². The van der Waals surface area contributed by atoms with Gasteiger partial charge in [-0.1, -0.05) is 30.8 Å². The fourth-order valence-corrected chi connectivity index (χ4v) is 4.38. The summed E-state index contributed by atoms with van der Waals surface area (Å²) in [5.74, 6) is 0.0479. The fourth-order valence-electron chi connectivity index (χ4n) is 3.34. The van der Waals surface area contributed by atoms with Crippen LogP contribution in [0.15, 0.2) is 57.2 Å². The summed E-state index contributed by atoms with van der Waals surface area (Å²) in [6.07, 6.45) is -0.173. The molecule has 2 aromatic carbocycles. The number of hydrogen-bond donors (Lipinski definition) is 1. The van der Waals surface area contributed by atoms with Crippen molar-refractivity contribution in [3.8, 4) is 0 Å². The van der Waals surface area contributed by atoms with Crippen LogP contribution in [0.1, 0.15) is 27.2 Å². The number of amides is 1. The molecule has 0 atom stereocenters. The van der Waals surface area contributed by atoms with Gasteiger partial charge in [0.25, 0.3) is 0 Å². The summed E-state index contributed by atoms with van der Waals surface area (Å²) in [5, 5.41) is 11.8. The Morgan fingerprint density at radius 2 is 1.80 bits per heavy atom. The van der Waals surface area contributed by atoms with Crippen LogP contribution in [-0.2, 0) is 9.53 Å². The number of aliphatic imine (C=N–C) groups is 1. The summed E-state index contributed by atoms with van der Waals surface area (Å²) < 4.78 is 4.92. The zero-order valence-corrected chi connectivity index (χ0v) is 19.1. The van der Waals surface area contributed by atoms with Crippen molar-refractivity contribution in [2.45, 2.75) is 37.0 Å². The molecular weight excluding hydrogens is 422 g/mol. The molecule has 1 amide bonds. The number of fused-ring (bicyclic) bond motifs is 2. The van der Waals surface area contributed by atoms with E-state index in [1.807, 2.05) is 30.3 Å². The quantitative estimate of drug-likeness (QED) is 0.459. The lowest BCUT2D eigenvalue weighted by Gasteiger charge is -2.31. The van der Waals surface area contributed by atoms with Gasteiger partial charge in [0.05, 0.1) is 43.1 Å². The number of carbonyl (C=O) groups excluding carboxylic acids is 1. The second-order valence-electron chi connectivity index (χ2n) is 6.72. The standard InChI is InChI=1S/C22H27N3O3S.ClH/c1-4-24(5-2)14-13-21(26)25-17-9-7-8-10-19(17)29-20-12-11-16(15-18(20)25)23-22(27)28-6-3;/h7-12,15H,4-6,13-14H2,1-3H3,(H,23,27);1H/p-1. The largest absolute Gasteiger partial charge is 1.00 e. The van der Waals surface area contributed by atoms with Crippen LogP contribution in [0, 0.1) is 0 Å². The third-order valence-electron chi connectivity index (χ3n) is 4.94. The normalized spacial score (nSPS) is 12.8. The number of nitrogens with one attached hydrogen (secondary N) is 1. The molecule has 8 heteroatoms. The smallest absolute Gasteiger partial charge is 0.237 e. The van der Waals surface area contributed by atoms with E-state index in [0.717, 1.165) is 40.8 Å². The molecule has 162 valence electrons. The van der Waals surface area contributed by atoms with E-state index in [0.29, 0.717) is 12.1 Å². The lowest BCUT2D eigenvalue weighted by atomic mass is 10.2. The van der Waals surface area contributed by atoms with Gasteiger partial charge in [-0.3, -0.25) is 9.69 Å². The molecule has 2 aromatic rings. The Kier molecular flexibility index (Phi) is 9.02. The first kappa shape index (κ1) is 24.1. The first-order valence-electron chi connectivity index (χ1n) is 10.0. The van der Waals surface area contributed by atoms with E-state index in [1.54, 1.807) is 35.7 Å². The Hall–Kier alpha value is -2.22. The second-order valence-corrected chi connectivity index (χ2v) is 7.80. The lowest BCUT2D eigenvalue weighted by molar-refractivity contribution is -0.895. The molecule has 0 radical (unpaired) electrons. The number of nitrogens with zero attached hydrogens (tertiary/aromatic N) is 2. The first-order chi connectivity index (χ1) is 14.1. The van der Waals surface area contributed by atoms with Crippen molar-refractivity contribution >= 4 is 40.8 Å². The zero-order chi connectivity index (χ0) is 20.8. The van der Waals surface area contributed by atoms with Crippen LogP contribution in [0.25, 0.3) is 0 Å². The number of ether oxygens (including phenoxy) is 1. The van der Waals surface area contributed by atoms with E-state index < -0.39 is 6.08 Å². The van der Waals surface area contributed by atoms with Crippen LogP contribution < -0.4 is 27.3 Å². The maximum Gasteiger partial charge on any atom is 0.237 e. The van der Waals surface area contributed by atoms with E-state index in [-0.39, 0.29) is 24.9 Å². The molecule has 0 unspecified atom stereocenters. The van der Waals surface area contributed by atoms with E-state index >= 15 is 0 Å². The molecule has 0 fully saturated rings. The predicted molar refractivity (Wildman–Crippen MR) is 114 cm³/mol. The maximum atomic E-state index is 13.3. The summed E-state index contributed by atoms with van der Waals surface area (Å²) in [5.41, 5.74) is 2.12. The molecule has 0 saturated carbocycles. The summed E-state index contributed by atoms with van der Waals surface area (Å²) >= 11 is 1.62. The Balaban J connectivity index is 0.00000320. The molecule has 6 nitrogen and oxygen atoms in total. The van der Waals surface area contributed by atoms with Crippen LogP contribution in [0.2, 0.25) is 0 Å². The average Bonchev–Trinajstić information content (AvgIpc) is 2.72. The van der Waals surface area contributed by atoms with Gasteiger partial charge in [0.15, 0.2) is 6.08 Å². The topological polar surface area (TPSA) is 69.4 Å². The fraction of sp³-hybridized carbons (Fsp3) is 0.364. The van der Waals surface area contributed by atoms with Gasteiger partial charge in [-0.25, -0.2) is 4.99 Å². The van der Waals surface area contributed by atoms with Crippen LogP contribution >= 0.6 is 11.8 Å². The van der Waals surface area contributed by atoms with E-state index in [2.05, 4.69) is 18.8 Å². The van der Waals surface area contributed by atoms with Gasteiger partial charge in [-0.05, 0) is 50.8 Å². The highest BCUT2D eigenvalue weighted by molar-refractivity contribution is 7.99. The Morgan fingerprint density at radius 1 is 1.10 bits per heavy atom. The highest BCUT2D eigenvalue weighted by Crippen LogP contribution is 2.49. The highest BCUT2D eigenvalue weighted by atomic mass is 35.5. The number of quaternary nitrogens is 1. The van der Waals surface area contributed by atoms with Crippen molar-refractivity contribution in [3.63, 3.8) is 0 Å². The van der Waals surface area contributed by atoms with E-state index in [1.165, 1.54) is 4.90 Å². The maximum absolute atomic E-state index is 13.3. The third-order valence-corrected chi connectivity index (χ3v) is 6.07.